The average Bonchev–Trinajstić information content (AvgIpc) is 3.40. The van der Waals surface area contributed by atoms with Crippen molar-refractivity contribution in [3.63, 3.8) is 0 Å². The van der Waals surface area contributed by atoms with E-state index in [-0.39, 0.29) is 6.17 Å². The molecule has 146 valence electrons. The number of anilines is 1. The van der Waals surface area contributed by atoms with Crippen molar-refractivity contribution in [2.45, 2.75) is 32.4 Å². The van der Waals surface area contributed by atoms with Crippen molar-refractivity contribution in [2.24, 2.45) is 4.99 Å². The normalized spacial score (nSPS) is 16.7. The van der Waals surface area contributed by atoms with Crippen molar-refractivity contribution in [1.29, 1.82) is 5.26 Å². The summed E-state index contributed by atoms with van der Waals surface area (Å²) < 4.78 is 0. The molecule has 1 aliphatic rings. The van der Waals surface area contributed by atoms with Crippen molar-refractivity contribution in [2.75, 3.05) is 12.1 Å². The predicted octanol–water partition coefficient (Wildman–Crippen LogP) is 6.24. The van der Waals surface area contributed by atoms with E-state index in [1.54, 1.807) is 11.3 Å². The fourth-order valence-electron chi connectivity index (χ4n) is 3.71. The number of nitriles is 1. The number of hydrogen-bond donors (Lipinski definition) is 0. The minimum atomic E-state index is 0.0286. The zero-order valence-electron chi connectivity index (χ0n) is 16.7. The lowest BCUT2D eigenvalue weighted by molar-refractivity contribution is 0.292. The summed E-state index contributed by atoms with van der Waals surface area (Å²) in [5, 5.41) is 16.0. The molecule has 0 aliphatic carbocycles. The molecule has 0 N–H and O–H groups in total. The van der Waals surface area contributed by atoms with E-state index in [0.717, 1.165) is 41.9 Å². The Morgan fingerprint density at radius 2 is 1.86 bits per heavy atom. The maximum absolute atomic E-state index is 9.40. The summed E-state index contributed by atoms with van der Waals surface area (Å²) in [5.74, 6) is 1.11. The van der Waals surface area contributed by atoms with Gasteiger partial charge in [0.2, 0.25) is 0 Å². The molecular formula is C24H24N4S. The van der Waals surface area contributed by atoms with Crippen LogP contribution in [0.15, 0.2) is 71.0 Å². The Hall–Kier alpha value is -2.94. The van der Waals surface area contributed by atoms with Crippen LogP contribution in [0.25, 0.3) is 11.1 Å². The van der Waals surface area contributed by atoms with Gasteiger partial charge in [-0.25, -0.2) is 4.99 Å². The molecular weight excluding hydrogens is 376 g/mol. The second-order valence-electron chi connectivity index (χ2n) is 7.13. The van der Waals surface area contributed by atoms with Crippen molar-refractivity contribution >= 4 is 22.9 Å². The van der Waals surface area contributed by atoms with E-state index in [2.05, 4.69) is 71.8 Å². The van der Waals surface area contributed by atoms with Gasteiger partial charge >= 0.3 is 0 Å². The van der Waals surface area contributed by atoms with Crippen molar-refractivity contribution < 1.29 is 0 Å². The Bertz CT molecular complexity index is 1030. The Labute approximate surface area is 176 Å². The van der Waals surface area contributed by atoms with Crippen LogP contribution in [0.5, 0.6) is 0 Å². The van der Waals surface area contributed by atoms with Crippen LogP contribution >= 0.6 is 11.3 Å². The minimum absolute atomic E-state index is 0.0286. The lowest BCUT2D eigenvalue weighted by Crippen LogP contribution is -2.39. The molecule has 29 heavy (non-hydrogen) atoms. The number of hydrazine groups is 1. The number of nitrogens with zero attached hydrogens (tertiary/aromatic N) is 4. The molecule has 3 aromatic rings. The quantitative estimate of drug-likeness (QED) is 0.492. The molecule has 1 atom stereocenters. The minimum Gasteiger partial charge on any atom is -0.259 e. The summed E-state index contributed by atoms with van der Waals surface area (Å²) in [5.41, 5.74) is 3.81. The highest BCUT2D eigenvalue weighted by atomic mass is 32.1. The largest absolute Gasteiger partial charge is 0.259 e. The Morgan fingerprint density at radius 1 is 1.07 bits per heavy atom. The fourth-order valence-corrected chi connectivity index (χ4v) is 4.51. The summed E-state index contributed by atoms with van der Waals surface area (Å²) in [6.45, 7) is 2.21. The first-order valence-electron chi connectivity index (χ1n) is 9.95. The molecule has 1 aliphatic heterocycles. The molecule has 2 heterocycles. The topological polar surface area (TPSA) is 42.6 Å². The summed E-state index contributed by atoms with van der Waals surface area (Å²) in [6.07, 6.45) is 3.25. The van der Waals surface area contributed by atoms with Gasteiger partial charge in [-0.05, 0) is 47.2 Å². The monoisotopic (exact) mass is 400 g/mol. The second-order valence-corrected chi connectivity index (χ2v) is 8.11. The van der Waals surface area contributed by atoms with E-state index < -0.39 is 0 Å². The van der Waals surface area contributed by atoms with Gasteiger partial charge in [0.25, 0.3) is 0 Å². The third-order valence-corrected chi connectivity index (χ3v) is 6.12. The SMILES string of the molecule is CCCCC1=NC(c2cccs2)N(C)N1c1ccc(-c2ccccc2C#N)cc1. The first-order chi connectivity index (χ1) is 14.2. The first-order valence-corrected chi connectivity index (χ1v) is 10.8. The van der Waals surface area contributed by atoms with E-state index in [0.29, 0.717) is 5.56 Å². The molecule has 0 fully saturated rings. The zero-order chi connectivity index (χ0) is 20.2. The molecule has 4 nitrogen and oxygen atoms in total. The number of thiophene rings is 1. The molecule has 4 rings (SSSR count). The van der Waals surface area contributed by atoms with Crippen molar-refractivity contribution in [3.05, 3.63) is 76.5 Å². The van der Waals surface area contributed by atoms with Crippen molar-refractivity contribution in [3.8, 4) is 17.2 Å². The molecule has 2 aromatic carbocycles. The number of benzene rings is 2. The molecule has 1 unspecified atom stereocenters. The summed E-state index contributed by atoms with van der Waals surface area (Å²) in [7, 11) is 2.10. The lowest BCUT2D eigenvalue weighted by Gasteiger charge is -2.30. The highest BCUT2D eigenvalue weighted by Crippen LogP contribution is 2.36. The zero-order valence-corrected chi connectivity index (χ0v) is 17.6. The number of amidine groups is 1. The molecule has 0 bridgehead atoms. The van der Waals surface area contributed by atoms with Crippen LogP contribution in [0.1, 0.15) is 42.8 Å². The lowest BCUT2D eigenvalue weighted by atomic mass is 10.0. The highest BCUT2D eigenvalue weighted by molar-refractivity contribution is 7.10. The van der Waals surface area contributed by atoms with E-state index in [4.69, 9.17) is 4.99 Å². The van der Waals surface area contributed by atoms with Crippen LogP contribution in [0, 0.1) is 11.3 Å². The Kier molecular flexibility index (Phi) is 5.75. The summed E-state index contributed by atoms with van der Waals surface area (Å²) in [6, 6.07) is 22.7. The van der Waals surface area contributed by atoms with Gasteiger partial charge in [-0.3, -0.25) is 5.01 Å². The Morgan fingerprint density at radius 3 is 2.55 bits per heavy atom. The van der Waals surface area contributed by atoms with Gasteiger partial charge in [-0.1, -0.05) is 49.7 Å². The van der Waals surface area contributed by atoms with Gasteiger partial charge in [-0.2, -0.15) is 10.3 Å². The van der Waals surface area contributed by atoms with Gasteiger partial charge in [0.1, 0.15) is 5.84 Å². The standard InChI is InChI=1S/C24H24N4S/c1-3-4-11-23-26-24(22-10-7-16-29-22)27(2)28(23)20-14-12-18(13-15-20)21-9-6-5-8-19(21)17-25/h5-10,12-16,24H,3-4,11H2,1-2H3. The maximum Gasteiger partial charge on any atom is 0.156 e. The van der Waals surface area contributed by atoms with Gasteiger partial charge in [0.15, 0.2) is 6.17 Å². The van der Waals surface area contributed by atoms with Crippen LogP contribution < -0.4 is 5.01 Å². The maximum atomic E-state index is 9.40. The molecule has 0 saturated carbocycles. The van der Waals surface area contributed by atoms with E-state index in [9.17, 15) is 5.26 Å². The van der Waals surface area contributed by atoms with E-state index in [1.807, 2.05) is 24.3 Å². The van der Waals surface area contributed by atoms with Crippen LogP contribution in [0.2, 0.25) is 0 Å². The van der Waals surface area contributed by atoms with E-state index >= 15 is 0 Å². The smallest absolute Gasteiger partial charge is 0.156 e. The molecule has 0 saturated heterocycles. The second kappa shape index (κ2) is 8.60. The summed E-state index contributed by atoms with van der Waals surface area (Å²) in [4.78, 5) is 6.30. The molecule has 0 amide bonds. The predicted molar refractivity (Wildman–Crippen MR) is 121 cm³/mol. The highest BCUT2D eigenvalue weighted by Gasteiger charge is 2.33. The molecule has 5 heteroatoms. The number of hydrogen-bond acceptors (Lipinski definition) is 5. The van der Waals surface area contributed by atoms with Crippen molar-refractivity contribution in [1.82, 2.24) is 5.01 Å². The van der Waals surface area contributed by atoms with Crippen LogP contribution in [-0.2, 0) is 0 Å². The van der Waals surface area contributed by atoms with Gasteiger partial charge in [0, 0.05) is 18.3 Å². The molecule has 0 radical (unpaired) electrons. The van der Waals surface area contributed by atoms with E-state index in [1.165, 1.54) is 4.88 Å². The van der Waals surface area contributed by atoms with Crippen LogP contribution in [0.3, 0.4) is 0 Å². The van der Waals surface area contributed by atoms with Gasteiger partial charge in [-0.15, -0.1) is 11.3 Å². The third kappa shape index (κ3) is 3.82. The molecule has 1 aromatic heterocycles. The molecule has 0 spiro atoms. The Balaban J connectivity index is 1.65. The number of aliphatic imine (C=N–C) groups is 1. The first kappa shape index (κ1) is 19.4. The fraction of sp³-hybridized carbons (Fsp3) is 0.250. The van der Waals surface area contributed by atoms with Gasteiger partial charge in [0.05, 0.1) is 17.3 Å². The summed E-state index contributed by atoms with van der Waals surface area (Å²) >= 11 is 1.74. The number of rotatable bonds is 6. The van der Waals surface area contributed by atoms with Crippen LogP contribution in [-0.4, -0.2) is 17.9 Å². The average molecular weight is 401 g/mol. The van der Waals surface area contributed by atoms with Gasteiger partial charge < -0.3 is 0 Å². The van der Waals surface area contributed by atoms with Crippen LogP contribution in [0.4, 0.5) is 5.69 Å². The number of unbranched alkanes of at least 4 members (excludes halogenated alkanes) is 1. The third-order valence-electron chi connectivity index (χ3n) is 5.21.